The Balaban J connectivity index is 1.80. The van der Waals surface area contributed by atoms with Crippen molar-refractivity contribution < 1.29 is 4.74 Å². The lowest BCUT2D eigenvalue weighted by molar-refractivity contribution is 0.171. The van der Waals surface area contributed by atoms with Gasteiger partial charge in [0.1, 0.15) is 11.8 Å². The Hall–Kier alpha value is -1.44. The van der Waals surface area contributed by atoms with Crippen LogP contribution in [0.4, 0.5) is 0 Å². The Morgan fingerprint density at radius 1 is 1.56 bits per heavy atom. The van der Waals surface area contributed by atoms with Crippen LogP contribution < -0.4 is 5.32 Å². The highest BCUT2D eigenvalue weighted by molar-refractivity contribution is 5.30. The molecule has 0 amide bonds. The summed E-state index contributed by atoms with van der Waals surface area (Å²) in [7, 11) is 1.75. The molecule has 1 aliphatic carbocycles. The van der Waals surface area contributed by atoms with Gasteiger partial charge in [0.15, 0.2) is 0 Å². The highest BCUT2D eigenvalue weighted by atomic mass is 16.5. The number of nitrogens with one attached hydrogen (secondary N) is 1. The number of rotatable bonds is 7. The maximum absolute atomic E-state index is 8.95. The first kappa shape index (κ1) is 13.0. The maximum atomic E-state index is 8.95. The predicted octanol–water partition coefficient (Wildman–Crippen LogP) is 1.86. The second-order valence-electron chi connectivity index (χ2n) is 4.97. The van der Waals surface area contributed by atoms with Gasteiger partial charge in [-0.05, 0) is 30.7 Å². The third-order valence-corrected chi connectivity index (χ3v) is 3.61. The number of pyridine rings is 1. The average Bonchev–Trinajstić information content (AvgIpc) is 3.17. The number of hydrogen-bond acceptors (Lipinski definition) is 4. The van der Waals surface area contributed by atoms with Crippen LogP contribution >= 0.6 is 0 Å². The second kappa shape index (κ2) is 5.94. The molecule has 1 aromatic rings. The monoisotopic (exact) mass is 245 g/mol. The molecule has 0 aliphatic heterocycles. The first-order chi connectivity index (χ1) is 8.79. The first-order valence-corrected chi connectivity index (χ1v) is 6.33. The van der Waals surface area contributed by atoms with Gasteiger partial charge in [-0.1, -0.05) is 6.07 Å². The third kappa shape index (κ3) is 3.28. The molecule has 1 heterocycles. The molecule has 2 rings (SSSR count). The van der Waals surface area contributed by atoms with E-state index in [1.165, 1.54) is 12.8 Å². The molecule has 1 N–H and O–H groups in total. The van der Waals surface area contributed by atoms with Gasteiger partial charge in [0, 0.05) is 38.6 Å². The highest BCUT2D eigenvalue weighted by Crippen LogP contribution is 2.48. The van der Waals surface area contributed by atoms with Gasteiger partial charge >= 0.3 is 0 Å². The van der Waals surface area contributed by atoms with Crippen LogP contribution in [0, 0.1) is 16.7 Å². The van der Waals surface area contributed by atoms with E-state index in [-0.39, 0.29) is 0 Å². The molecule has 18 heavy (non-hydrogen) atoms. The number of methoxy groups -OCH3 is 1. The van der Waals surface area contributed by atoms with Gasteiger partial charge in [-0.25, -0.2) is 4.98 Å². The predicted molar refractivity (Wildman–Crippen MR) is 68.8 cm³/mol. The zero-order valence-corrected chi connectivity index (χ0v) is 10.8. The summed E-state index contributed by atoms with van der Waals surface area (Å²) in [4.78, 5) is 4.06. The van der Waals surface area contributed by atoms with Gasteiger partial charge in [0.25, 0.3) is 0 Å². The smallest absolute Gasteiger partial charge is 0.144 e. The van der Waals surface area contributed by atoms with E-state index in [2.05, 4.69) is 16.4 Å². The minimum atomic E-state index is 0.436. The number of aromatic nitrogens is 1. The van der Waals surface area contributed by atoms with Crippen LogP contribution in [0.25, 0.3) is 0 Å². The first-order valence-electron chi connectivity index (χ1n) is 6.33. The quantitative estimate of drug-likeness (QED) is 0.796. The van der Waals surface area contributed by atoms with E-state index < -0.39 is 0 Å². The molecule has 0 aromatic carbocycles. The molecule has 0 atom stereocenters. The normalized spacial score (nSPS) is 16.2. The van der Waals surface area contributed by atoms with Crippen LogP contribution in [0.5, 0.6) is 0 Å². The molecule has 0 saturated heterocycles. The third-order valence-electron chi connectivity index (χ3n) is 3.61. The molecule has 96 valence electrons. The number of nitrogens with zero attached hydrogens (tertiary/aromatic N) is 2. The molecular weight excluding hydrogens is 226 g/mol. The molecule has 1 fully saturated rings. The zero-order chi connectivity index (χ0) is 12.8. The SMILES string of the molecule is COCCC1(CNCc2cccnc2C#N)CC1. The fourth-order valence-corrected chi connectivity index (χ4v) is 2.15. The molecule has 0 spiro atoms. The van der Waals surface area contributed by atoms with E-state index >= 15 is 0 Å². The number of nitriles is 1. The van der Waals surface area contributed by atoms with Gasteiger partial charge < -0.3 is 10.1 Å². The molecule has 1 aliphatic rings. The highest BCUT2D eigenvalue weighted by Gasteiger charge is 2.41. The maximum Gasteiger partial charge on any atom is 0.144 e. The van der Waals surface area contributed by atoms with Crippen molar-refractivity contribution in [1.29, 1.82) is 5.26 Å². The van der Waals surface area contributed by atoms with E-state index in [1.807, 2.05) is 12.1 Å². The number of hydrogen-bond donors (Lipinski definition) is 1. The summed E-state index contributed by atoms with van der Waals surface area (Å²) in [5.41, 5.74) is 1.93. The van der Waals surface area contributed by atoms with Crippen LogP contribution in [0.1, 0.15) is 30.5 Å². The lowest BCUT2D eigenvalue weighted by Crippen LogP contribution is -2.25. The molecule has 4 nitrogen and oxygen atoms in total. The van der Waals surface area contributed by atoms with Crippen molar-refractivity contribution in [3.05, 3.63) is 29.6 Å². The van der Waals surface area contributed by atoms with Gasteiger partial charge in [-0.15, -0.1) is 0 Å². The standard InChI is InChI=1S/C14H19N3O/c1-18-8-6-14(4-5-14)11-16-10-12-3-2-7-17-13(12)9-15/h2-3,7,16H,4-6,8,10-11H2,1H3. The van der Waals surface area contributed by atoms with E-state index in [0.29, 0.717) is 17.7 Å². The second-order valence-corrected chi connectivity index (χ2v) is 4.97. The lowest BCUT2D eigenvalue weighted by atomic mass is 10.0. The van der Waals surface area contributed by atoms with E-state index in [9.17, 15) is 0 Å². The Labute approximate surface area is 108 Å². The summed E-state index contributed by atoms with van der Waals surface area (Å²) < 4.78 is 5.14. The van der Waals surface area contributed by atoms with Gasteiger partial charge in [0.2, 0.25) is 0 Å². The zero-order valence-electron chi connectivity index (χ0n) is 10.8. The van der Waals surface area contributed by atoms with Gasteiger partial charge in [-0.2, -0.15) is 5.26 Å². The largest absolute Gasteiger partial charge is 0.385 e. The topological polar surface area (TPSA) is 57.9 Å². The van der Waals surface area contributed by atoms with E-state index in [4.69, 9.17) is 10.00 Å². The molecule has 0 unspecified atom stereocenters. The van der Waals surface area contributed by atoms with Crippen LogP contribution in [0.2, 0.25) is 0 Å². The van der Waals surface area contributed by atoms with Crippen molar-refractivity contribution in [3.8, 4) is 6.07 Å². The Kier molecular flexibility index (Phi) is 4.29. The molecule has 0 radical (unpaired) electrons. The van der Waals surface area contributed by atoms with Crippen molar-refractivity contribution in [2.75, 3.05) is 20.3 Å². The Morgan fingerprint density at radius 2 is 2.39 bits per heavy atom. The molecule has 1 aromatic heterocycles. The van der Waals surface area contributed by atoms with Crippen LogP contribution in [-0.2, 0) is 11.3 Å². The summed E-state index contributed by atoms with van der Waals surface area (Å²) >= 11 is 0. The fraction of sp³-hybridized carbons (Fsp3) is 0.571. The number of ether oxygens (including phenoxy) is 1. The lowest BCUT2D eigenvalue weighted by Gasteiger charge is -2.15. The van der Waals surface area contributed by atoms with Crippen LogP contribution in [0.3, 0.4) is 0 Å². The van der Waals surface area contributed by atoms with Crippen molar-refractivity contribution >= 4 is 0 Å². The van der Waals surface area contributed by atoms with Crippen molar-refractivity contribution in [2.24, 2.45) is 5.41 Å². The fourth-order valence-electron chi connectivity index (χ4n) is 2.15. The molecule has 4 heteroatoms. The minimum absolute atomic E-state index is 0.436. The summed E-state index contributed by atoms with van der Waals surface area (Å²) in [6, 6.07) is 5.94. The van der Waals surface area contributed by atoms with E-state index in [0.717, 1.165) is 25.1 Å². The Morgan fingerprint density at radius 3 is 3.06 bits per heavy atom. The van der Waals surface area contributed by atoms with E-state index in [1.54, 1.807) is 13.3 Å². The molecular formula is C14H19N3O. The molecule has 0 bridgehead atoms. The minimum Gasteiger partial charge on any atom is -0.385 e. The van der Waals surface area contributed by atoms with Crippen LogP contribution in [-0.4, -0.2) is 25.2 Å². The summed E-state index contributed by atoms with van der Waals surface area (Å²) in [5, 5.41) is 12.4. The molecule has 1 saturated carbocycles. The summed E-state index contributed by atoms with van der Waals surface area (Å²) in [5.74, 6) is 0. The van der Waals surface area contributed by atoms with Crippen LogP contribution in [0.15, 0.2) is 18.3 Å². The summed E-state index contributed by atoms with van der Waals surface area (Å²) in [6.45, 7) is 2.54. The van der Waals surface area contributed by atoms with Crippen molar-refractivity contribution in [2.45, 2.75) is 25.8 Å². The Bertz CT molecular complexity index is 435. The van der Waals surface area contributed by atoms with Crippen molar-refractivity contribution in [3.63, 3.8) is 0 Å². The van der Waals surface area contributed by atoms with Gasteiger partial charge in [-0.3, -0.25) is 0 Å². The summed E-state index contributed by atoms with van der Waals surface area (Å²) in [6.07, 6.45) is 5.33. The van der Waals surface area contributed by atoms with Gasteiger partial charge in [0.05, 0.1) is 0 Å². The average molecular weight is 245 g/mol. The van der Waals surface area contributed by atoms with Crippen molar-refractivity contribution in [1.82, 2.24) is 10.3 Å².